The molecule has 5 heteroatoms. The Bertz CT molecular complexity index is 1380. The fourth-order valence-corrected chi connectivity index (χ4v) is 3.75. The van der Waals surface area contributed by atoms with E-state index in [-0.39, 0.29) is 0 Å². The normalized spacial score (nSPS) is 10.9. The molecule has 0 atom stereocenters. The summed E-state index contributed by atoms with van der Waals surface area (Å²) in [4.78, 5) is 12.3. The number of nitrogens with zero attached hydrogens (tertiary/aromatic N) is 2. The number of nitrogens with one attached hydrogen (secondary N) is 1. The highest BCUT2D eigenvalue weighted by atomic mass is 16.5. The maximum absolute atomic E-state index is 5.89. The van der Waals surface area contributed by atoms with Crippen LogP contribution in [0.4, 0.5) is 0 Å². The summed E-state index contributed by atoms with van der Waals surface area (Å²) in [6.45, 7) is 2.44. The molecule has 5 nitrogen and oxygen atoms in total. The zero-order chi connectivity index (χ0) is 21.9. The number of hydrogen-bond donors (Lipinski definition) is 1. The lowest BCUT2D eigenvalue weighted by Gasteiger charge is -2.11. The predicted octanol–water partition coefficient (Wildman–Crippen LogP) is 6.19. The van der Waals surface area contributed by atoms with Crippen LogP contribution in [0.25, 0.3) is 33.3 Å². The van der Waals surface area contributed by atoms with E-state index < -0.39 is 0 Å². The number of aryl methyl sites for hydroxylation is 1. The average molecular weight is 422 g/mol. The van der Waals surface area contributed by atoms with Gasteiger partial charge < -0.3 is 14.5 Å². The fraction of sp³-hybridized carbons (Fsp3) is 0.111. The molecule has 32 heavy (non-hydrogen) atoms. The highest BCUT2D eigenvalue weighted by molar-refractivity contribution is 5.89. The molecule has 0 aliphatic rings. The van der Waals surface area contributed by atoms with Gasteiger partial charge in [0.15, 0.2) is 5.75 Å². The van der Waals surface area contributed by atoms with Gasteiger partial charge in [0.2, 0.25) is 0 Å². The molecule has 0 spiro atoms. The summed E-state index contributed by atoms with van der Waals surface area (Å²) in [5.74, 6) is 1.10. The number of fused-ring (bicyclic) bond motifs is 1. The lowest BCUT2D eigenvalue weighted by molar-refractivity contribution is 0.272. The number of aromatic amines is 1. The van der Waals surface area contributed by atoms with Crippen LogP contribution in [-0.2, 0) is 6.61 Å². The highest BCUT2D eigenvalue weighted by Gasteiger charge is 2.11. The van der Waals surface area contributed by atoms with Crippen LogP contribution >= 0.6 is 0 Å². The third-order valence-electron chi connectivity index (χ3n) is 5.42. The summed E-state index contributed by atoms with van der Waals surface area (Å²) in [5, 5.41) is 1.13. The molecule has 0 bridgehead atoms. The fourth-order valence-electron chi connectivity index (χ4n) is 3.75. The Balaban J connectivity index is 1.42. The van der Waals surface area contributed by atoms with Crippen molar-refractivity contribution < 1.29 is 9.47 Å². The maximum atomic E-state index is 5.89. The molecule has 5 aromatic rings. The van der Waals surface area contributed by atoms with Gasteiger partial charge in [0.1, 0.15) is 6.61 Å². The summed E-state index contributed by atoms with van der Waals surface area (Å²) < 4.78 is 11.4. The maximum Gasteiger partial charge on any atom is 0.257 e. The Labute approximate surface area is 186 Å². The number of rotatable bonds is 6. The topological polar surface area (TPSA) is 60.0 Å². The third kappa shape index (κ3) is 4.05. The standard InChI is InChI=1S/C27H23N3O2/c1-18-12-21(10-11-28-18)25-14-22-13-20(8-9-24(22)30-25)23-15-26(31-2)27(29-16-23)32-17-19-6-4-3-5-7-19/h3-16,30H,17H2,1-2H3. The molecule has 0 aliphatic carbocycles. The SMILES string of the molecule is COc1cc(-c2ccc3[nH]c(-c4ccnc(C)c4)cc3c2)cnc1OCc1ccccc1. The van der Waals surface area contributed by atoms with Gasteiger partial charge in [0, 0.05) is 45.8 Å². The quantitative estimate of drug-likeness (QED) is 0.355. The Morgan fingerprint density at radius 1 is 0.844 bits per heavy atom. The monoisotopic (exact) mass is 421 g/mol. The van der Waals surface area contributed by atoms with E-state index >= 15 is 0 Å². The van der Waals surface area contributed by atoms with Crippen molar-refractivity contribution >= 4 is 10.9 Å². The van der Waals surface area contributed by atoms with E-state index in [9.17, 15) is 0 Å². The van der Waals surface area contributed by atoms with Gasteiger partial charge in [-0.1, -0.05) is 36.4 Å². The van der Waals surface area contributed by atoms with E-state index in [1.807, 2.05) is 61.8 Å². The highest BCUT2D eigenvalue weighted by Crippen LogP contribution is 2.33. The van der Waals surface area contributed by atoms with E-state index in [2.05, 4.69) is 45.3 Å². The lowest BCUT2D eigenvalue weighted by atomic mass is 10.1. The molecule has 3 heterocycles. The average Bonchev–Trinajstić information content (AvgIpc) is 3.27. The van der Waals surface area contributed by atoms with Gasteiger partial charge in [-0.2, -0.15) is 0 Å². The minimum atomic E-state index is 0.441. The molecular formula is C27H23N3O2. The summed E-state index contributed by atoms with van der Waals surface area (Å²) in [6, 6.07) is 24.6. The Morgan fingerprint density at radius 2 is 1.72 bits per heavy atom. The number of methoxy groups -OCH3 is 1. The molecule has 0 unspecified atom stereocenters. The van der Waals surface area contributed by atoms with E-state index in [4.69, 9.17) is 9.47 Å². The van der Waals surface area contributed by atoms with Gasteiger partial charge in [-0.15, -0.1) is 0 Å². The number of pyridine rings is 2. The molecule has 158 valence electrons. The molecule has 0 saturated heterocycles. The van der Waals surface area contributed by atoms with Gasteiger partial charge in [0.25, 0.3) is 5.88 Å². The Kier molecular flexibility index (Phi) is 5.30. The minimum absolute atomic E-state index is 0.441. The van der Waals surface area contributed by atoms with E-state index in [1.165, 1.54) is 0 Å². The van der Waals surface area contributed by atoms with Crippen molar-refractivity contribution in [2.45, 2.75) is 13.5 Å². The molecule has 0 fully saturated rings. The minimum Gasteiger partial charge on any atom is -0.491 e. The van der Waals surface area contributed by atoms with Crippen molar-refractivity contribution in [2.75, 3.05) is 7.11 Å². The van der Waals surface area contributed by atoms with Gasteiger partial charge in [-0.3, -0.25) is 4.98 Å². The predicted molar refractivity (Wildman–Crippen MR) is 127 cm³/mol. The zero-order valence-electron chi connectivity index (χ0n) is 18.0. The second kappa shape index (κ2) is 8.55. The largest absolute Gasteiger partial charge is 0.491 e. The van der Waals surface area contributed by atoms with Crippen LogP contribution in [0.5, 0.6) is 11.6 Å². The first-order chi connectivity index (χ1) is 15.7. The molecule has 5 rings (SSSR count). The van der Waals surface area contributed by atoms with E-state index in [0.29, 0.717) is 18.2 Å². The first kappa shape index (κ1) is 19.8. The first-order valence-electron chi connectivity index (χ1n) is 10.5. The van der Waals surface area contributed by atoms with Crippen molar-refractivity contribution in [3.8, 4) is 34.0 Å². The second-order valence-electron chi connectivity index (χ2n) is 7.68. The molecule has 2 aromatic carbocycles. The lowest BCUT2D eigenvalue weighted by Crippen LogP contribution is -2.00. The Hall–Kier alpha value is -4.12. The molecule has 0 saturated carbocycles. The van der Waals surface area contributed by atoms with E-state index in [1.54, 1.807) is 7.11 Å². The molecule has 1 N–H and O–H groups in total. The van der Waals surface area contributed by atoms with Crippen molar-refractivity contribution in [1.82, 2.24) is 15.0 Å². The molecule has 0 radical (unpaired) electrons. The van der Waals surface area contributed by atoms with Gasteiger partial charge in [-0.25, -0.2) is 4.98 Å². The van der Waals surface area contributed by atoms with Crippen LogP contribution in [0.15, 0.2) is 85.2 Å². The van der Waals surface area contributed by atoms with Gasteiger partial charge in [-0.05, 0) is 54.4 Å². The van der Waals surface area contributed by atoms with Crippen molar-refractivity contribution in [2.24, 2.45) is 0 Å². The molecular weight excluding hydrogens is 398 g/mol. The number of benzene rings is 2. The molecule has 3 aromatic heterocycles. The van der Waals surface area contributed by atoms with Crippen LogP contribution in [-0.4, -0.2) is 22.1 Å². The number of ether oxygens (including phenoxy) is 2. The van der Waals surface area contributed by atoms with Crippen LogP contribution < -0.4 is 9.47 Å². The summed E-state index contributed by atoms with van der Waals surface area (Å²) in [7, 11) is 1.63. The molecule has 0 amide bonds. The molecule has 0 aliphatic heterocycles. The van der Waals surface area contributed by atoms with Gasteiger partial charge in [0.05, 0.1) is 7.11 Å². The van der Waals surface area contributed by atoms with Crippen LogP contribution in [0.2, 0.25) is 0 Å². The first-order valence-corrected chi connectivity index (χ1v) is 10.5. The van der Waals surface area contributed by atoms with Crippen molar-refractivity contribution in [1.29, 1.82) is 0 Å². The van der Waals surface area contributed by atoms with Crippen molar-refractivity contribution in [3.05, 3.63) is 96.4 Å². The zero-order valence-corrected chi connectivity index (χ0v) is 18.0. The summed E-state index contributed by atoms with van der Waals surface area (Å²) in [6.07, 6.45) is 3.66. The van der Waals surface area contributed by atoms with Gasteiger partial charge >= 0.3 is 0 Å². The smallest absolute Gasteiger partial charge is 0.257 e. The Morgan fingerprint density at radius 3 is 2.53 bits per heavy atom. The number of hydrogen-bond acceptors (Lipinski definition) is 4. The van der Waals surface area contributed by atoms with Crippen LogP contribution in [0.1, 0.15) is 11.3 Å². The number of aromatic nitrogens is 3. The van der Waals surface area contributed by atoms with Crippen LogP contribution in [0, 0.1) is 6.92 Å². The van der Waals surface area contributed by atoms with E-state index in [0.717, 1.165) is 44.5 Å². The second-order valence-corrected chi connectivity index (χ2v) is 7.68. The summed E-state index contributed by atoms with van der Waals surface area (Å²) in [5.41, 5.74) is 7.39. The summed E-state index contributed by atoms with van der Waals surface area (Å²) >= 11 is 0. The van der Waals surface area contributed by atoms with Crippen LogP contribution in [0.3, 0.4) is 0 Å². The number of H-pyrrole nitrogens is 1. The van der Waals surface area contributed by atoms with Crippen molar-refractivity contribution in [3.63, 3.8) is 0 Å². The third-order valence-corrected chi connectivity index (χ3v) is 5.42.